The summed E-state index contributed by atoms with van der Waals surface area (Å²) in [7, 11) is 0. The zero-order valence-corrected chi connectivity index (χ0v) is 15.7. The van der Waals surface area contributed by atoms with Crippen molar-refractivity contribution in [3.63, 3.8) is 0 Å². The first kappa shape index (κ1) is 16.7. The topological polar surface area (TPSA) is 9.72 Å². The van der Waals surface area contributed by atoms with Gasteiger partial charge in [0, 0.05) is 56.8 Å². The van der Waals surface area contributed by atoms with Crippen LogP contribution in [0.5, 0.6) is 0 Å². The molecule has 0 amide bonds. The van der Waals surface area contributed by atoms with Gasteiger partial charge in [-0.05, 0) is 38.1 Å². The van der Waals surface area contributed by atoms with E-state index in [9.17, 15) is 0 Å². The van der Waals surface area contributed by atoms with Gasteiger partial charge in [0.1, 0.15) is 0 Å². The van der Waals surface area contributed by atoms with Crippen LogP contribution in [0.15, 0.2) is 0 Å². The van der Waals surface area contributed by atoms with Gasteiger partial charge in [0.15, 0.2) is 0 Å². The molecular weight excluding hydrogens is 270 g/mol. The molecule has 0 bridgehead atoms. The lowest BCUT2D eigenvalue weighted by Crippen LogP contribution is -2.75. The van der Waals surface area contributed by atoms with Crippen LogP contribution in [0.4, 0.5) is 0 Å². The molecule has 2 atom stereocenters. The zero-order chi connectivity index (χ0) is 16.1. The van der Waals surface area contributed by atoms with Gasteiger partial charge in [0.05, 0.1) is 0 Å². The summed E-state index contributed by atoms with van der Waals surface area (Å²) in [6.45, 7) is 23.5. The molecule has 3 aliphatic heterocycles. The molecule has 0 aromatic carbocycles. The predicted molar refractivity (Wildman–Crippen MR) is 94.2 cm³/mol. The Kier molecular flexibility index (Phi) is 4.37. The highest BCUT2D eigenvalue weighted by Crippen LogP contribution is 2.43. The highest BCUT2D eigenvalue weighted by molar-refractivity contribution is 5.08. The quantitative estimate of drug-likeness (QED) is 0.794. The third-order valence-electron chi connectivity index (χ3n) is 6.00. The van der Waals surface area contributed by atoms with E-state index in [0.29, 0.717) is 10.8 Å². The predicted octanol–water partition coefficient (Wildman–Crippen LogP) is 2.77. The van der Waals surface area contributed by atoms with Crippen molar-refractivity contribution in [3.05, 3.63) is 0 Å². The SMILES string of the molecule is CC(C)N1CC2(C1)CN(C1CCN(CC(C)(C)C)C[C@@H]1C)C2. The largest absolute Gasteiger partial charge is 0.302 e. The summed E-state index contributed by atoms with van der Waals surface area (Å²) < 4.78 is 0. The first-order valence-electron chi connectivity index (χ1n) is 9.38. The number of likely N-dealkylation sites (tertiary alicyclic amines) is 3. The standard InChI is InChI=1S/C19H37N3/c1-15(2)21-11-19(12-21)13-22(14-19)17-7-8-20(9-16(17)3)10-18(4,5)6/h15-17H,7-14H2,1-6H3/t16-,17?/m0/s1. The van der Waals surface area contributed by atoms with Gasteiger partial charge < -0.3 is 4.90 Å². The van der Waals surface area contributed by atoms with Gasteiger partial charge >= 0.3 is 0 Å². The Morgan fingerprint density at radius 1 is 1.09 bits per heavy atom. The van der Waals surface area contributed by atoms with Crippen LogP contribution >= 0.6 is 0 Å². The highest BCUT2D eigenvalue weighted by Gasteiger charge is 2.54. The van der Waals surface area contributed by atoms with Gasteiger partial charge in [-0.25, -0.2) is 0 Å². The fourth-order valence-electron chi connectivity index (χ4n) is 5.01. The van der Waals surface area contributed by atoms with Crippen LogP contribution in [-0.4, -0.2) is 72.6 Å². The van der Waals surface area contributed by atoms with Gasteiger partial charge in [-0.3, -0.25) is 9.80 Å². The van der Waals surface area contributed by atoms with E-state index in [1.54, 1.807) is 0 Å². The molecule has 0 radical (unpaired) electrons. The van der Waals surface area contributed by atoms with Crippen molar-refractivity contribution in [2.75, 3.05) is 45.8 Å². The number of hydrogen-bond acceptors (Lipinski definition) is 3. The van der Waals surface area contributed by atoms with Crippen molar-refractivity contribution < 1.29 is 0 Å². The molecule has 3 nitrogen and oxygen atoms in total. The van der Waals surface area contributed by atoms with E-state index in [0.717, 1.165) is 18.0 Å². The molecule has 3 aliphatic rings. The smallest absolute Gasteiger partial charge is 0.0212 e. The van der Waals surface area contributed by atoms with Crippen LogP contribution in [0.2, 0.25) is 0 Å². The molecule has 0 saturated carbocycles. The molecule has 3 heterocycles. The zero-order valence-electron chi connectivity index (χ0n) is 15.7. The van der Waals surface area contributed by atoms with Crippen molar-refractivity contribution in [1.82, 2.24) is 14.7 Å². The summed E-state index contributed by atoms with van der Waals surface area (Å²) in [6.07, 6.45) is 1.38. The average molecular weight is 308 g/mol. The summed E-state index contributed by atoms with van der Waals surface area (Å²) in [5.41, 5.74) is 1.10. The van der Waals surface area contributed by atoms with Crippen molar-refractivity contribution in [2.45, 2.75) is 60.0 Å². The van der Waals surface area contributed by atoms with Crippen molar-refractivity contribution in [1.29, 1.82) is 0 Å². The van der Waals surface area contributed by atoms with Crippen LogP contribution in [0.1, 0.15) is 48.0 Å². The van der Waals surface area contributed by atoms with Gasteiger partial charge in [0.25, 0.3) is 0 Å². The van der Waals surface area contributed by atoms with E-state index in [1.165, 1.54) is 52.2 Å². The maximum atomic E-state index is 2.80. The summed E-state index contributed by atoms with van der Waals surface area (Å²) in [4.78, 5) is 8.13. The number of nitrogens with zero attached hydrogens (tertiary/aromatic N) is 3. The molecule has 3 rings (SSSR count). The van der Waals surface area contributed by atoms with Gasteiger partial charge in [-0.1, -0.05) is 27.7 Å². The maximum absolute atomic E-state index is 2.80. The lowest BCUT2D eigenvalue weighted by molar-refractivity contribution is -0.152. The second-order valence-corrected chi connectivity index (χ2v) is 10.0. The third-order valence-corrected chi connectivity index (χ3v) is 6.00. The van der Waals surface area contributed by atoms with Crippen LogP contribution in [-0.2, 0) is 0 Å². The van der Waals surface area contributed by atoms with Crippen LogP contribution in [0.25, 0.3) is 0 Å². The minimum absolute atomic E-state index is 0.430. The molecule has 0 aliphatic carbocycles. The Labute approximate surface area is 138 Å². The van der Waals surface area contributed by atoms with Gasteiger partial charge in [-0.15, -0.1) is 0 Å². The van der Waals surface area contributed by atoms with Crippen molar-refractivity contribution in [3.8, 4) is 0 Å². The Balaban J connectivity index is 1.44. The van der Waals surface area contributed by atoms with Gasteiger partial charge in [0.2, 0.25) is 0 Å². The lowest BCUT2D eigenvalue weighted by atomic mass is 9.70. The second kappa shape index (κ2) is 5.75. The summed E-state index contributed by atoms with van der Waals surface area (Å²) in [5, 5.41) is 0. The van der Waals surface area contributed by atoms with Crippen LogP contribution in [0.3, 0.4) is 0 Å². The summed E-state index contributed by atoms with van der Waals surface area (Å²) in [5.74, 6) is 0.828. The fraction of sp³-hybridized carbons (Fsp3) is 1.00. The molecular formula is C19H37N3. The van der Waals surface area contributed by atoms with E-state index in [-0.39, 0.29) is 0 Å². The van der Waals surface area contributed by atoms with Crippen LogP contribution < -0.4 is 0 Å². The molecule has 3 fully saturated rings. The first-order chi connectivity index (χ1) is 10.2. The number of piperidine rings is 1. The van der Waals surface area contributed by atoms with E-state index in [1.807, 2.05) is 0 Å². The normalized spacial score (nSPS) is 34.0. The Bertz CT molecular complexity index is 384. The van der Waals surface area contributed by atoms with E-state index in [4.69, 9.17) is 0 Å². The third kappa shape index (κ3) is 3.37. The molecule has 128 valence electrons. The van der Waals surface area contributed by atoms with Crippen molar-refractivity contribution in [2.24, 2.45) is 16.7 Å². The average Bonchev–Trinajstić information content (AvgIpc) is 2.24. The first-order valence-corrected chi connectivity index (χ1v) is 9.38. The van der Waals surface area contributed by atoms with E-state index in [2.05, 4.69) is 56.2 Å². The van der Waals surface area contributed by atoms with Gasteiger partial charge in [-0.2, -0.15) is 0 Å². The number of hydrogen-bond donors (Lipinski definition) is 0. The Morgan fingerprint density at radius 2 is 1.73 bits per heavy atom. The van der Waals surface area contributed by atoms with Crippen LogP contribution in [0, 0.1) is 16.7 Å². The molecule has 1 spiro atoms. The molecule has 3 saturated heterocycles. The molecule has 0 aromatic rings. The highest BCUT2D eigenvalue weighted by atomic mass is 15.3. The van der Waals surface area contributed by atoms with E-state index < -0.39 is 0 Å². The summed E-state index contributed by atoms with van der Waals surface area (Å²) >= 11 is 0. The maximum Gasteiger partial charge on any atom is 0.0212 e. The molecule has 1 unspecified atom stereocenters. The minimum Gasteiger partial charge on any atom is -0.302 e. The minimum atomic E-state index is 0.430. The van der Waals surface area contributed by atoms with Crippen molar-refractivity contribution >= 4 is 0 Å². The molecule has 22 heavy (non-hydrogen) atoms. The molecule has 3 heteroatoms. The summed E-state index contributed by atoms with van der Waals surface area (Å²) in [6, 6.07) is 1.58. The molecule has 0 N–H and O–H groups in total. The Hall–Kier alpha value is -0.120. The van der Waals surface area contributed by atoms with E-state index >= 15 is 0 Å². The second-order valence-electron chi connectivity index (χ2n) is 10.0. The monoisotopic (exact) mass is 307 g/mol. The number of rotatable bonds is 3. The fourth-order valence-corrected chi connectivity index (χ4v) is 5.01. The molecule has 0 aromatic heterocycles. The lowest BCUT2D eigenvalue weighted by Gasteiger charge is -2.64. The Morgan fingerprint density at radius 3 is 2.23 bits per heavy atom.